The van der Waals surface area contributed by atoms with Crippen molar-refractivity contribution in [3.05, 3.63) is 29.8 Å². The largest absolute Gasteiger partial charge is 0.412 e. The van der Waals surface area contributed by atoms with Crippen LogP contribution in [0.1, 0.15) is 46.5 Å². The molecule has 0 heterocycles. The Labute approximate surface area is 139 Å². The summed E-state index contributed by atoms with van der Waals surface area (Å²) in [5.74, 6) is -1.10. The van der Waals surface area contributed by atoms with Crippen molar-refractivity contribution in [1.82, 2.24) is 0 Å². The molecule has 5 heteroatoms. The predicted octanol–water partition coefficient (Wildman–Crippen LogP) is 5.71. The second-order valence-electron chi connectivity index (χ2n) is 8.11. The van der Waals surface area contributed by atoms with E-state index in [1.54, 1.807) is 0 Å². The molecule has 1 aromatic rings. The van der Waals surface area contributed by atoms with Crippen LogP contribution >= 0.6 is 0 Å². The average molecular weight is 342 g/mol. The fourth-order valence-electron chi connectivity index (χ4n) is 2.81. The Morgan fingerprint density at radius 1 is 1.04 bits per heavy atom. The molecule has 2 nitrogen and oxygen atoms in total. The van der Waals surface area contributed by atoms with Crippen molar-refractivity contribution < 1.29 is 13.2 Å². The molecule has 0 aliphatic heterocycles. The van der Waals surface area contributed by atoms with Gasteiger partial charge in [0.25, 0.3) is 0 Å². The lowest BCUT2D eigenvalue weighted by molar-refractivity contribution is 0.124. The minimum absolute atomic E-state index is 0.107. The van der Waals surface area contributed by atoms with Crippen molar-refractivity contribution >= 4 is 14.0 Å². The van der Waals surface area contributed by atoms with Crippen molar-refractivity contribution in [2.24, 2.45) is 0 Å². The van der Waals surface area contributed by atoms with E-state index in [1.165, 1.54) is 12.1 Å². The highest BCUT2D eigenvalue weighted by Crippen LogP contribution is 2.39. The van der Waals surface area contributed by atoms with Gasteiger partial charge >= 0.3 is 0 Å². The summed E-state index contributed by atoms with van der Waals surface area (Å²) >= 11 is 0. The van der Waals surface area contributed by atoms with E-state index in [0.29, 0.717) is 5.69 Å². The molecule has 0 unspecified atom stereocenters. The molecule has 1 fully saturated rings. The Kier molecular flexibility index (Phi) is 5.51. The topological polar surface area (TPSA) is 21.3 Å². The molecule has 23 heavy (non-hydrogen) atoms. The fraction of sp³-hybridized carbons (Fsp3) is 0.667. The van der Waals surface area contributed by atoms with Gasteiger partial charge < -0.3 is 9.74 Å². The number of hydrogen-bond donors (Lipinski definition) is 1. The smallest absolute Gasteiger partial charge is 0.192 e. The van der Waals surface area contributed by atoms with Gasteiger partial charge in [-0.3, -0.25) is 0 Å². The van der Waals surface area contributed by atoms with Crippen LogP contribution in [-0.4, -0.2) is 20.5 Å². The number of nitrogens with one attached hydrogen (secondary N) is 1. The number of rotatable bonds is 4. The molecule has 0 radical (unpaired) electrons. The molecule has 1 aliphatic carbocycles. The van der Waals surface area contributed by atoms with Crippen LogP contribution in [-0.2, 0) is 4.43 Å². The van der Waals surface area contributed by atoms with E-state index in [2.05, 4.69) is 39.2 Å². The molecule has 1 saturated carbocycles. The molecule has 1 aliphatic rings. The Hall–Kier alpha value is -0.943. The van der Waals surface area contributed by atoms with Crippen LogP contribution in [0.5, 0.6) is 0 Å². The van der Waals surface area contributed by atoms with Gasteiger partial charge in [-0.2, -0.15) is 0 Å². The van der Waals surface area contributed by atoms with Crippen LogP contribution in [0, 0.1) is 11.6 Å². The van der Waals surface area contributed by atoms with E-state index < -0.39 is 20.0 Å². The van der Waals surface area contributed by atoms with E-state index in [0.717, 1.165) is 31.7 Å². The standard InChI is InChI=1S/C18H29F2NOSi/c1-18(2,3)23(4,5)22-17-9-7-6-8-16(17)21-15-11-13(19)10-14(20)12-15/h10-12,16-17,21H,6-9H2,1-5H3/t16-,17-/m1/s1. The van der Waals surface area contributed by atoms with Gasteiger partial charge in [0, 0.05) is 11.8 Å². The minimum atomic E-state index is -1.86. The van der Waals surface area contributed by atoms with Gasteiger partial charge in [-0.1, -0.05) is 33.6 Å². The summed E-state index contributed by atoms with van der Waals surface area (Å²) in [7, 11) is -1.86. The number of hydrogen-bond acceptors (Lipinski definition) is 2. The second kappa shape index (κ2) is 6.89. The van der Waals surface area contributed by atoms with Gasteiger partial charge in [0.05, 0.1) is 12.1 Å². The third-order valence-corrected chi connectivity index (χ3v) is 9.67. The molecule has 0 spiro atoms. The van der Waals surface area contributed by atoms with E-state index in [9.17, 15) is 8.78 Å². The zero-order chi connectivity index (χ0) is 17.3. The zero-order valence-electron chi connectivity index (χ0n) is 14.9. The van der Waals surface area contributed by atoms with Gasteiger partial charge in [-0.15, -0.1) is 0 Å². The molecule has 0 saturated heterocycles. The quantitative estimate of drug-likeness (QED) is 0.708. The van der Waals surface area contributed by atoms with Crippen LogP contribution in [0.4, 0.5) is 14.5 Å². The molecule has 1 N–H and O–H groups in total. The van der Waals surface area contributed by atoms with Gasteiger partial charge in [0.15, 0.2) is 8.32 Å². The maximum absolute atomic E-state index is 13.4. The lowest BCUT2D eigenvalue weighted by Crippen LogP contribution is -2.49. The third-order valence-electron chi connectivity index (χ3n) is 5.17. The summed E-state index contributed by atoms with van der Waals surface area (Å²) in [6.45, 7) is 11.2. The summed E-state index contributed by atoms with van der Waals surface area (Å²) in [4.78, 5) is 0. The van der Waals surface area contributed by atoms with E-state index in [-0.39, 0.29) is 17.2 Å². The molecule has 2 atom stereocenters. The molecule has 1 aromatic carbocycles. The molecule has 130 valence electrons. The summed E-state index contributed by atoms with van der Waals surface area (Å²) in [5, 5.41) is 3.46. The van der Waals surface area contributed by atoms with Crippen LogP contribution < -0.4 is 5.32 Å². The monoisotopic (exact) mass is 341 g/mol. The highest BCUT2D eigenvalue weighted by Gasteiger charge is 2.41. The van der Waals surface area contributed by atoms with Crippen LogP contribution in [0.2, 0.25) is 18.1 Å². The first kappa shape index (κ1) is 18.4. The highest BCUT2D eigenvalue weighted by atomic mass is 28.4. The van der Waals surface area contributed by atoms with E-state index in [4.69, 9.17) is 4.43 Å². The Morgan fingerprint density at radius 3 is 2.17 bits per heavy atom. The molecular formula is C18H29F2NOSi. The second-order valence-corrected chi connectivity index (χ2v) is 12.9. The first-order valence-electron chi connectivity index (χ1n) is 8.49. The van der Waals surface area contributed by atoms with Gasteiger partial charge in [-0.25, -0.2) is 8.78 Å². The fourth-order valence-corrected chi connectivity index (χ4v) is 4.20. The summed E-state index contributed by atoms with van der Waals surface area (Å²) in [5.41, 5.74) is 0.498. The van der Waals surface area contributed by atoms with Crippen LogP contribution in [0.25, 0.3) is 0 Å². The maximum atomic E-state index is 13.4. The zero-order valence-corrected chi connectivity index (χ0v) is 15.9. The van der Waals surface area contributed by atoms with Crippen molar-refractivity contribution in [3.8, 4) is 0 Å². The Bertz CT molecular complexity index is 522. The SMILES string of the molecule is CC(C)(C)[Si](C)(C)O[C@@H]1CCCC[C@H]1Nc1cc(F)cc(F)c1. The Balaban J connectivity index is 2.12. The minimum Gasteiger partial charge on any atom is -0.412 e. The summed E-state index contributed by atoms with van der Waals surface area (Å²) in [6, 6.07) is 3.71. The lowest BCUT2D eigenvalue weighted by atomic mass is 9.92. The normalized spacial score (nSPS) is 22.9. The van der Waals surface area contributed by atoms with Gasteiger partial charge in [0.2, 0.25) is 0 Å². The summed E-state index contributed by atoms with van der Waals surface area (Å²) < 4.78 is 33.4. The number of benzene rings is 1. The molecule has 0 bridgehead atoms. The van der Waals surface area contributed by atoms with Crippen molar-refractivity contribution in [2.45, 2.75) is 76.7 Å². The van der Waals surface area contributed by atoms with Crippen molar-refractivity contribution in [1.29, 1.82) is 0 Å². The first-order chi connectivity index (χ1) is 10.6. The van der Waals surface area contributed by atoms with Crippen molar-refractivity contribution in [3.63, 3.8) is 0 Å². The highest BCUT2D eigenvalue weighted by molar-refractivity contribution is 6.74. The predicted molar refractivity (Wildman–Crippen MR) is 94.3 cm³/mol. The summed E-state index contributed by atoms with van der Waals surface area (Å²) in [6.07, 6.45) is 4.34. The number of anilines is 1. The first-order valence-corrected chi connectivity index (χ1v) is 11.4. The van der Waals surface area contributed by atoms with Crippen molar-refractivity contribution in [2.75, 3.05) is 5.32 Å². The van der Waals surface area contributed by atoms with Crippen LogP contribution in [0.3, 0.4) is 0 Å². The third kappa shape index (κ3) is 4.77. The van der Waals surface area contributed by atoms with Gasteiger partial charge in [-0.05, 0) is 43.1 Å². The number of halogens is 2. The Morgan fingerprint density at radius 2 is 1.61 bits per heavy atom. The van der Waals surface area contributed by atoms with E-state index in [1.807, 2.05) is 0 Å². The van der Waals surface area contributed by atoms with Gasteiger partial charge in [0.1, 0.15) is 11.6 Å². The molecular weight excluding hydrogens is 312 g/mol. The van der Waals surface area contributed by atoms with Crippen LogP contribution in [0.15, 0.2) is 18.2 Å². The maximum Gasteiger partial charge on any atom is 0.192 e. The lowest BCUT2D eigenvalue weighted by Gasteiger charge is -2.43. The molecule has 0 aromatic heterocycles. The average Bonchev–Trinajstić information content (AvgIpc) is 2.38. The van der Waals surface area contributed by atoms with E-state index >= 15 is 0 Å². The molecule has 2 rings (SSSR count). The molecule has 0 amide bonds.